The number of carbonyl (C=O) groups excluding carboxylic acids is 1. The number of ether oxygens (including phenoxy) is 1. The Kier molecular flexibility index (Phi) is 5.47. The van der Waals surface area contributed by atoms with Gasteiger partial charge in [-0.05, 0) is 13.3 Å². The highest BCUT2D eigenvalue weighted by molar-refractivity contribution is 5.78. The first-order valence-corrected chi connectivity index (χ1v) is 5.93. The van der Waals surface area contributed by atoms with Crippen molar-refractivity contribution < 1.29 is 18.3 Å². The molecule has 0 bridgehead atoms. The van der Waals surface area contributed by atoms with E-state index >= 15 is 0 Å². The Morgan fingerprint density at radius 3 is 2.63 bits per heavy atom. The molecule has 0 saturated carbocycles. The monoisotopic (exact) mass is 273 g/mol. The van der Waals surface area contributed by atoms with E-state index in [0.29, 0.717) is 6.54 Å². The number of hydrogen-bond acceptors (Lipinski definition) is 5. The van der Waals surface area contributed by atoms with Crippen LogP contribution in [0.25, 0.3) is 0 Å². The highest BCUT2D eigenvalue weighted by Crippen LogP contribution is 2.19. The van der Waals surface area contributed by atoms with Gasteiger partial charge < -0.3 is 15.4 Å². The summed E-state index contributed by atoms with van der Waals surface area (Å²) < 4.78 is 31.5. The molecular formula is C12H17F2N3O2. The van der Waals surface area contributed by atoms with Crippen molar-refractivity contribution in [2.75, 3.05) is 24.3 Å². The molecular weight excluding hydrogens is 256 g/mol. The van der Waals surface area contributed by atoms with Gasteiger partial charge in [0.1, 0.15) is 6.04 Å². The van der Waals surface area contributed by atoms with E-state index in [2.05, 4.69) is 20.4 Å². The van der Waals surface area contributed by atoms with Crippen LogP contribution >= 0.6 is 0 Å². The van der Waals surface area contributed by atoms with Crippen LogP contribution in [0.15, 0.2) is 6.07 Å². The minimum absolute atomic E-state index is 0.0529. The topological polar surface area (TPSA) is 63.2 Å². The normalized spacial score (nSPS) is 11.8. The van der Waals surface area contributed by atoms with Gasteiger partial charge in [0, 0.05) is 12.6 Å². The quantitative estimate of drug-likeness (QED) is 0.778. The number of anilines is 2. The molecule has 106 valence electrons. The van der Waals surface area contributed by atoms with Crippen molar-refractivity contribution >= 4 is 17.6 Å². The Hall–Kier alpha value is -1.92. The third kappa shape index (κ3) is 4.04. The van der Waals surface area contributed by atoms with E-state index in [-0.39, 0.29) is 11.6 Å². The second-order valence-corrected chi connectivity index (χ2v) is 3.97. The van der Waals surface area contributed by atoms with Gasteiger partial charge in [-0.3, -0.25) is 0 Å². The smallest absolute Gasteiger partial charge is 0.328 e. The van der Waals surface area contributed by atoms with Crippen LogP contribution in [-0.4, -0.2) is 30.6 Å². The molecule has 5 nitrogen and oxygen atoms in total. The van der Waals surface area contributed by atoms with Gasteiger partial charge in [0.2, 0.25) is 0 Å². The zero-order chi connectivity index (χ0) is 14.4. The van der Waals surface area contributed by atoms with Crippen LogP contribution in [0.5, 0.6) is 0 Å². The molecule has 1 heterocycles. The van der Waals surface area contributed by atoms with E-state index in [1.165, 1.54) is 14.0 Å². The van der Waals surface area contributed by atoms with E-state index in [4.69, 9.17) is 0 Å². The summed E-state index contributed by atoms with van der Waals surface area (Å²) in [6.07, 6.45) is 0.778. The van der Waals surface area contributed by atoms with E-state index in [9.17, 15) is 13.6 Å². The highest BCUT2D eigenvalue weighted by Gasteiger charge is 2.17. The van der Waals surface area contributed by atoms with Crippen molar-refractivity contribution in [2.24, 2.45) is 0 Å². The lowest BCUT2D eigenvalue weighted by molar-refractivity contribution is -0.141. The molecule has 0 aliphatic carbocycles. The molecule has 0 saturated heterocycles. The van der Waals surface area contributed by atoms with E-state index in [1.807, 2.05) is 6.92 Å². The number of methoxy groups -OCH3 is 1. The minimum Gasteiger partial charge on any atom is -0.467 e. The Labute approximate surface area is 110 Å². The number of nitrogens with one attached hydrogen (secondary N) is 2. The van der Waals surface area contributed by atoms with Gasteiger partial charge in [0.05, 0.1) is 7.11 Å². The Bertz CT molecular complexity index is 455. The second kappa shape index (κ2) is 6.86. The first-order chi connectivity index (χ1) is 8.99. The maximum absolute atomic E-state index is 13.5. The number of nitrogens with zero attached hydrogens (tertiary/aromatic N) is 1. The molecule has 1 atom stereocenters. The Morgan fingerprint density at radius 2 is 2.05 bits per heavy atom. The van der Waals surface area contributed by atoms with E-state index in [0.717, 1.165) is 12.5 Å². The summed E-state index contributed by atoms with van der Waals surface area (Å²) in [5.41, 5.74) is 0. The third-order valence-electron chi connectivity index (χ3n) is 2.38. The van der Waals surface area contributed by atoms with Crippen LogP contribution in [0.4, 0.5) is 20.4 Å². The number of aromatic nitrogens is 1. The van der Waals surface area contributed by atoms with E-state index in [1.54, 1.807) is 0 Å². The molecule has 1 rings (SSSR count). The van der Waals surface area contributed by atoms with Crippen LogP contribution in [0.1, 0.15) is 20.3 Å². The summed E-state index contributed by atoms with van der Waals surface area (Å²) >= 11 is 0. The lowest BCUT2D eigenvalue weighted by atomic mass is 10.3. The van der Waals surface area contributed by atoms with Crippen LogP contribution in [0.2, 0.25) is 0 Å². The lowest BCUT2D eigenvalue weighted by Gasteiger charge is -2.14. The summed E-state index contributed by atoms with van der Waals surface area (Å²) in [7, 11) is 1.23. The van der Waals surface area contributed by atoms with Crippen molar-refractivity contribution in [1.82, 2.24) is 4.98 Å². The molecule has 0 radical (unpaired) electrons. The fraction of sp³-hybridized carbons (Fsp3) is 0.500. The molecule has 0 amide bonds. The number of rotatable bonds is 6. The van der Waals surface area contributed by atoms with Crippen LogP contribution in [0, 0.1) is 11.6 Å². The summed E-state index contributed by atoms with van der Waals surface area (Å²) in [6.45, 7) is 3.92. The molecule has 1 aromatic heterocycles. The molecule has 1 aromatic rings. The van der Waals surface area contributed by atoms with Gasteiger partial charge in [-0.1, -0.05) is 6.92 Å². The van der Waals surface area contributed by atoms with Gasteiger partial charge >= 0.3 is 5.97 Å². The summed E-state index contributed by atoms with van der Waals surface area (Å²) in [5, 5.41) is 5.28. The number of pyridine rings is 1. The molecule has 7 heteroatoms. The zero-order valence-electron chi connectivity index (χ0n) is 11.1. The predicted octanol–water partition coefficient (Wildman–Crippen LogP) is 2.16. The molecule has 1 unspecified atom stereocenters. The fourth-order valence-corrected chi connectivity index (χ4v) is 1.38. The molecule has 19 heavy (non-hydrogen) atoms. The summed E-state index contributed by atoms with van der Waals surface area (Å²) in [6, 6.07) is -0.0615. The van der Waals surface area contributed by atoms with Crippen LogP contribution in [0.3, 0.4) is 0 Å². The van der Waals surface area contributed by atoms with Crippen LogP contribution in [-0.2, 0) is 9.53 Å². The van der Waals surface area contributed by atoms with Gasteiger partial charge in [0.25, 0.3) is 0 Å². The minimum atomic E-state index is -0.865. The number of carbonyl (C=O) groups is 1. The predicted molar refractivity (Wildman–Crippen MR) is 68.0 cm³/mol. The number of hydrogen-bond donors (Lipinski definition) is 2. The standard InChI is InChI=1S/C12H17F2N3O2/c1-4-5-15-10-8(13)6-9(14)11(17-10)16-7(2)12(18)19-3/h6-7H,4-5H2,1-3H3,(H2,15,16,17). The molecule has 0 fully saturated rings. The maximum Gasteiger partial charge on any atom is 0.328 e. The first-order valence-electron chi connectivity index (χ1n) is 5.93. The maximum atomic E-state index is 13.5. The first kappa shape index (κ1) is 15.1. The molecule has 2 N–H and O–H groups in total. The SMILES string of the molecule is CCCNc1nc(NC(C)C(=O)OC)c(F)cc1F. The third-order valence-corrected chi connectivity index (χ3v) is 2.38. The molecule has 0 aliphatic heterocycles. The average Bonchev–Trinajstić information content (AvgIpc) is 2.39. The van der Waals surface area contributed by atoms with Gasteiger partial charge in [0.15, 0.2) is 23.3 Å². The second-order valence-electron chi connectivity index (χ2n) is 3.97. The summed E-state index contributed by atoms with van der Waals surface area (Å²) in [4.78, 5) is 15.0. The van der Waals surface area contributed by atoms with Gasteiger partial charge in [-0.15, -0.1) is 0 Å². The Morgan fingerprint density at radius 1 is 1.42 bits per heavy atom. The summed E-state index contributed by atoms with van der Waals surface area (Å²) in [5.74, 6) is -2.45. The van der Waals surface area contributed by atoms with Crippen LogP contribution < -0.4 is 10.6 Å². The number of esters is 1. The fourth-order valence-electron chi connectivity index (χ4n) is 1.38. The highest BCUT2D eigenvalue weighted by atomic mass is 19.1. The molecule has 0 aliphatic rings. The van der Waals surface area contributed by atoms with Gasteiger partial charge in [-0.2, -0.15) is 0 Å². The number of halogens is 2. The van der Waals surface area contributed by atoms with Crippen molar-refractivity contribution in [1.29, 1.82) is 0 Å². The van der Waals surface area contributed by atoms with Crippen molar-refractivity contribution in [2.45, 2.75) is 26.3 Å². The van der Waals surface area contributed by atoms with Crippen molar-refractivity contribution in [3.05, 3.63) is 17.7 Å². The Balaban J connectivity index is 2.91. The van der Waals surface area contributed by atoms with Crippen molar-refractivity contribution in [3.63, 3.8) is 0 Å². The van der Waals surface area contributed by atoms with Crippen molar-refractivity contribution in [3.8, 4) is 0 Å². The lowest BCUT2D eigenvalue weighted by Crippen LogP contribution is -2.28. The molecule has 0 spiro atoms. The van der Waals surface area contributed by atoms with E-state index < -0.39 is 23.6 Å². The molecule has 0 aromatic carbocycles. The average molecular weight is 273 g/mol. The largest absolute Gasteiger partial charge is 0.467 e. The zero-order valence-corrected chi connectivity index (χ0v) is 11.1. The van der Waals surface area contributed by atoms with Gasteiger partial charge in [-0.25, -0.2) is 18.6 Å².